The van der Waals surface area contributed by atoms with Crippen molar-refractivity contribution < 1.29 is 4.74 Å². The molecule has 0 amide bonds. The molecule has 0 aliphatic heterocycles. The van der Waals surface area contributed by atoms with Crippen molar-refractivity contribution in [3.05, 3.63) is 65.9 Å². The predicted octanol–water partition coefficient (Wildman–Crippen LogP) is 4.13. The SMILES string of the molecule is COc1ccc(-n2nc(C(C)C)cc2-c2ccc(CN)cc2)cc1. The van der Waals surface area contributed by atoms with Crippen molar-refractivity contribution >= 4 is 0 Å². The lowest BCUT2D eigenvalue weighted by Gasteiger charge is -2.09. The van der Waals surface area contributed by atoms with Crippen LogP contribution in [0.15, 0.2) is 54.6 Å². The van der Waals surface area contributed by atoms with Crippen molar-refractivity contribution in [2.45, 2.75) is 26.3 Å². The van der Waals surface area contributed by atoms with Gasteiger partial charge < -0.3 is 10.5 Å². The first-order valence-electron chi connectivity index (χ1n) is 8.16. The van der Waals surface area contributed by atoms with Gasteiger partial charge in [0.25, 0.3) is 0 Å². The van der Waals surface area contributed by atoms with Gasteiger partial charge in [-0.05, 0) is 41.8 Å². The molecule has 24 heavy (non-hydrogen) atoms. The van der Waals surface area contributed by atoms with Gasteiger partial charge in [-0.25, -0.2) is 4.68 Å². The molecule has 0 unspecified atom stereocenters. The molecule has 0 fully saturated rings. The molecule has 124 valence electrons. The van der Waals surface area contributed by atoms with Gasteiger partial charge in [-0.1, -0.05) is 38.1 Å². The molecule has 3 rings (SSSR count). The molecule has 0 atom stereocenters. The Morgan fingerprint density at radius 3 is 2.25 bits per heavy atom. The molecule has 0 saturated carbocycles. The van der Waals surface area contributed by atoms with Crippen molar-refractivity contribution in [2.75, 3.05) is 7.11 Å². The van der Waals surface area contributed by atoms with Gasteiger partial charge in [-0.15, -0.1) is 0 Å². The summed E-state index contributed by atoms with van der Waals surface area (Å²) in [6.45, 7) is 4.86. The van der Waals surface area contributed by atoms with Crippen LogP contribution in [0.5, 0.6) is 5.75 Å². The number of rotatable bonds is 5. The average Bonchev–Trinajstić information content (AvgIpc) is 3.07. The first kappa shape index (κ1) is 16.3. The maximum atomic E-state index is 5.70. The highest BCUT2D eigenvalue weighted by Crippen LogP contribution is 2.28. The second-order valence-corrected chi connectivity index (χ2v) is 6.12. The molecule has 0 bridgehead atoms. The van der Waals surface area contributed by atoms with E-state index in [1.54, 1.807) is 7.11 Å². The molecule has 3 aromatic rings. The summed E-state index contributed by atoms with van der Waals surface area (Å²) in [7, 11) is 1.67. The molecule has 0 saturated heterocycles. The summed E-state index contributed by atoms with van der Waals surface area (Å²) in [4.78, 5) is 0. The van der Waals surface area contributed by atoms with Crippen LogP contribution in [0.1, 0.15) is 31.0 Å². The molecule has 0 radical (unpaired) electrons. The molecule has 0 spiro atoms. The van der Waals surface area contributed by atoms with Crippen molar-refractivity contribution in [3.8, 4) is 22.7 Å². The first-order valence-corrected chi connectivity index (χ1v) is 8.16. The summed E-state index contributed by atoms with van der Waals surface area (Å²) in [6, 6.07) is 18.4. The zero-order valence-corrected chi connectivity index (χ0v) is 14.4. The van der Waals surface area contributed by atoms with E-state index in [1.165, 1.54) is 0 Å². The fraction of sp³-hybridized carbons (Fsp3) is 0.250. The van der Waals surface area contributed by atoms with E-state index in [2.05, 4.69) is 44.2 Å². The highest BCUT2D eigenvalue weighted by molar-refractivity contribution is 5.63. The Hall–Kier alpha value is -2.59. The molecule has 0 aliphatic carbocycles. The maximum Gasteiger partial charge on any atom is 0.119 e. The highest BCUT2D eigenvalue weighted by atomic mass is 16.5. The summed E-state index contributed by atoms with van der Waals surface area (Å²) < 4.78 is 7.24. The average molecular weight is 321 g/mol. The summed E-state index contributed by atoms with van der Waals surface area (Å²) in [5.41, 5.74) is 11.1. The van der Waals surface area contributed by atoms with Gasteiger partial charge in [0.05, 0.1) is 24.2 Å². The monoisotopic (exact) mass is 321 g/mol. The Morgan fingerprint density at radius 1 is 1.04 bits per heavy atom. The molecule has 2 N–H and O–H groups in total. The fourth-order valence-corrected chi connectivity index (χ4v) is 2.62. The molecule has 4 heteroatoms. The lowest BCUT2D eigenvalue weighted by Crippen LogP contribution is -2.01. The number of hydrogen-bond acceptors (Lipinski definition) is 3. The number of methoxy groups -OCH3 is 1. The topological polar surface area (TPSA) is 53.1 Å². The number of nitrogens with two attached hydrogens (primary N) is 1. The molecule has 1 aromatic heterocycles. The van der Waals surface area contributed by atoms with E-state index in [-0.39, 0.29) is 0 Å². The van der Waals surface area contributed by atoms with Crippen LogP contribution >= 0.6 is 0 Å². The number of benzene rings is 2. The lowest BCUT2D eigenvalue weighted by atomic mass is 10.1. The zero-order valence-electron chi connectivity index (χ0n) is 14.4. The second-order valence-electron chi connectivity index (χ2n) is 6.12. The van der Waals surface area contributed by atoms with Crippen LogP contribution in [0, 0.1) is 0 Å². The van der Waals surface area contributed by atoms with Crippen molar-refractivity contribution in [2.24, 2.45) is 5.73 Å². The van der Waals surface area contributed by atoms with E-state index >= 15 is 0 Å². The van der Waals surface area contributed by atoms with Gasteiger partial charge in [0.15, 0.2) is 0 Å². The molecule has 2 aromatic carbocycles. The number of ether oxygens (including phenoxy) is 1. The summed E-state index contributed by atoms with van der Waals surface area (Å²) in [5.74, 6) is 1.20. The minimum Gasteiger partial charge on any atom is -0.497 e. The fourth-order valence-electron chi connectivity index (χ4n) is 2.62. The van der Waals surface area contributed by atoms with E-state index in [0.717, 1.165) is 34.0 Å². The third-order valence-corrected chi connectivity index (χ3v) is 4.12. The van der Waals surface area contributed by atoms with Gasteiger partial charge in [0.2, 0.25) is 0 Å². The van der Waals surface area contributed by atoms with Crippen LogP contribution in [0.3, 0.4) is 0 Å². The second kappa shape index (κ2) is 6.89. The Morgan fingerprint density at radius 2 is 1.71 bits per heavy atom. The van der Waals surface area contributed by atoms with E-state index in [4.69, 9.17) is 15.6 Å². The summed E-state index contributed by atoms with van der Waals surface area (Å²) in [6.07, 6.45) is 0. The van der Waals surface area contributed by atoms with E-state index < -0.39 is 0 Å². The third kappa shape index (κ3) is 3.19. The molecular weight excluding hydrogens is 298 g/mol. The maximum absolute atomic E-state index is 5.70. The summed E-state index contributed by atoms with van der Waals surface area (Å²) >= 11 is 0. The van der Waals surface area contributed by atoms with Crippen LogP contribution in [0.25, 0.3) is 16.9 Å². The minimum absolute atomic E-state index is 0.367. The lowest BCUT2D eigenvalue weighted by molar-refractivity contribution is 0.414. The van der Waals surface area contributed by atoms with Gasteiger partial charge in [0.1, 0.15) is 5.75 Å². The molecular formula is C20H23N3O. The van der Waals surface area contributed by atoms with Crippen LogP contribution < -0.4 is 10.5 Å². The van der Waals surface area contributed by atoms with Gasteiger partial charge >= 0.3 is 0 Å². The zero-order chi connectivity index (χ0) is 17.1. The largest absolute Gasteiger partial charge is 0.497 e. The summed E-state index contributed by atoms with van der Waals surface area (Å²) in [5, 5.41) is 4.81. The standard InChI is InChI=1S/C20H23N3O/c1-14(2)19-12-20(16-6-4-15(13-21)5-7-16)23(22-19)17-8-10-18(24-3)11-9-17/h4-12,14H,13,21H2,1-3H3. The normalized spacial score (nSPS) is 11.0. The van der Waals surface area contributed by atoms with Crippen molar-refractivity contribution in [1.29, 1.82) is 0 Å². The van der Waals surface area contributed by atoms with Crippen LogP contribution in [-0.2, 0) is 6.54 Å². The van der Waals surface area contributed by atoms with E-state index in [1.807, 2.05) is 28.9 Å². The van der Waals surface area contributed by atoms with Gasteiger partial charge in [-0.2, -0.15) is 5.10 Å². The van der Waals surface area contributed by atoms with E-state index in [0.29, 0.717) is 12.5 Å². The Kier molecular flexibility index (Phi) is 4.67. The third-order valence-electron chi connectivity index (χ3n) is 4.12. The molecule has 4 nitrogen and oxygen atoms in total. The van der Waals surface area contributed by atoms with Crippen LogP contribution in [0.2, 0.25) is 0 Å². The number of aromatic nitrogens is 2. The van der Waals surface area contributed by atoms with Gasteiger partial charge in [0, 0.05) is 12.1 Å². The van der Waals surface area contributed by atoms with Gasteiger partial charge in [-0.3, -0.25) is 0 Å². The Balaban J connectivity index is 2.09. The highest BCUT2D eigenvalue weighted by Gasteiger charge is 2.14. The minimum atomic E-state index is 0.367. The predicted molar refractivity (Wildman–Crippen MR) is 97.5 cm³/mol. The quantitative estimate of drug-likeness (QED) is 0.768. The number of hydrogen-bond donors (Lipinski definition) is 1. The van der Waals surface area contributed by atoms with Crippen molar-refractivity contribution in [3.63, 3.8) is 0 Å². The first-order chi connectivity index (χ1) is 11.6. The molecule has 0 aliphatic rings. The molecule has 1 heterocycles. The van der Waals surface area contributed by atoms with E-state index in [9.17, 15) is 0 Å². The smallest absolute Gasteiger partial charge is 0.119 e. The van der Waals surface area contributed by atoms with Crippen molar-refractivity contribution in [1.82, 2.24) is 9.78 Å². The Bertz CT molecular complexity index is 737. The van der Waals surface area contributed by atoms with Crippen LogP contribution in [-0.4, -0.2) is 16.9 Å². The number of nitrogens with zero attached hydrogens (tertiary/aromatic N) is 2. The Labute approximate surface area is 142 Å². The van der Waals surface area contributed by atoms with Crippen LogP contribution in [0.4, 0.5) is 0 Å².